The molecular weight excluding hydrogens is 306 g/mol. The Balaban J connectivity index is 1.94. The zero-order valence-electron chi connectivity index (χ0n) is 14.8. The summed E-state index contributed by atoms with van der Waals surface area (Å²) in [7, 11) is 7.23. The SMILES string of the molecule is COc1ccc(OC)c2c1cc(C(=O)NC1CCCN(C)C1)n2C. The topological polar surface area (TPSA) is 55.7 Å². The lowest BCUT2D eigenvalue weighted by Gasteiger charge is -2.30. The van der Waals surface area contributed by atoms with Crippen molar-refractivity contribution in [2.24, 2.45) is 7.05 Å². The van der Waals surface area contributed by atoms with E-state index in [9.17, 15) is 4.79 Å². The Morgan fingerprint density at radius 3 is 2.58 bits per heavy atom. The van der Waals surface area contributed by atoms with Crippen LogP contribution in [0.3, 0.4) is 0 Å². The van der Waals surface area contributed by atoms with Crippen molar-refractivity contribution in [3.05, 3.63) is 23.9 Å². The lowest BCUT2D eigenvalue weighted by atomic mass is 10.1. The summed E-state index contributed by atoms with van der Waals surface area (Å²) in [5, 5.41) is 4.04. The number of aromatic nitrogens is 1. The van der Waals surface area contributed by atoms with Gasteiger partial charge >= 0.3 is 0 Å². The van der Waals surface area contributed by atoms with Crippen molar-refractivity contribution in [2.45, 2.75) is 18.9 Å². The first kappa shape index (κ1) is 16.6. The number of aryl methyl sites for hydroxylation is 1. The first-order chi connectivity index (χ1) is 11.5. The summed E-state index contributed by atoms with van der Waals surface area (Å²) >= 11 is 0. The summed E-state index contributed by atoms with van der Waals surface area (Å²) in [5.74, 6) is 1.40. The first-order valence-corrected chi connectivity index (χ1v) is 8.25. The second-order valence-corrected chi connectivity index (χ2v) is 6.40. The number of benzene rings is 1. The molecule has 0 bridgehead atoms. The fraction of sp³-hybridized carbons (Fsp3) is 0.500. The van der Waals surface area contributed by atoms with Crippen LogP contribution in [0.15, 0.2) is 18.2 Å². The van der Waals surface area contributed by atoms with Gasteiger partial charge in [0.25, 0.3) is 5.91 Å². The molecule has 6 heteroatoms. The molecule has 1 aliphatic heterocycles. The maximum Gasteiger partial charge on any atom is 0.268 e. The molecule has 0 aliphatic carbocycles. The fourth-order valence-electron chi connectivity index (χ4n) is 3.51. The summed E-state index contributed by atoms with van der Waals surface area (Å²) in [6.07, 6.45) is 2.13. The van der Waals surface area contributed by atoms with Gasteiger partial charge in [-0.25, -0.2) is 0 Å². The molecule has 130 valence electrons. The van der Waals surface area contributed by atoms with Crippen molar-refractivity contribution in [2.75, 3.05) is 34.4 Å². The van der Waals surface area contributed by atoms with Crippen LogP contribution in [0.2, 0.25) is 0 Å². The highest BCUT2D eigenvalue weighted by atomic mass is 16.5. The zero-order chi connectivity index (χ0) is 17.3. The third-order valence-electron chi connectivity index (χ3n) is 4.75. The Morgan fingerprint density at radius 1 is 1.21 bits per heavy atom. The van der Waals surface area contributed by atoms with Gasteiger partial charge in [0, 0.05) is 25.0 Å². The molecule has 2 heterocycles. The molecule has 1 fully saturated rings. The highest BCUT2D eigenvalue weighted by Crippen LogP contribution is 2.35. The maximum atomic E-state index is 12.8. The number of nitrogens with one attached hydrogen (secondary N) is 1. The van der Waals surface area contributed by atoms with E-state index >= 15 is 0 Å². The summed E-state index contributed by atoms with van der Waals surface area (Å²) in [6.45, 7) is 1.98. The van der Waals surface area contributed by atoms with Gasteiger partial charge < -0.3 is 24.3 Å². The van der Waals surface area contributed by atoms with E-state index in [0.717, 1.165) is 48.3 Å². The number of fused-ring (bicyclic) bond motifs is 1. The van der Waals surface area contributed by atoms with Crippen molar-refractivity contribution in [1.82, 2.24) is 14.8 Å². The Bertz CT molecular complexity index is 754. The normalized spacial score (nSPS) is 18.6. The molecular formula is C18H25N3O3. The molecule has 3 rings (SSSR count). The van der Waals surface area contributed by atoms with E-state index in [2.05, 4.69) is 17.3 Å². The minimum Gasteiger partial charge on any atom is -0.496 e. The van der Waals surface area contributed by atoms with Gasteiger partial charge in [0.15, 0.2) is 0 Å². The Labute approximate surface area is 142 Å². The quantitative estimate of drug-likeness (QED) is 0.931. The number of carbonyl (C=O) groups excluding carboxylic acids is 1. The number of hydrogen-bond acceptors (Lipinski definition) is 4. The van der Waals surface area contributed by atoms with Crippen LogP contribution in [0, 0.1) is 0 Å². The predicted octanol–water partition coefficient (Wildman–Crippen LogP) is 2.02. The monoisotopic (exact) mass is 331 g/mol. The van der Waals surface area contributed by atoms with E-state index in [1.54, 1.807) is 14.2 Å². The minimum absolute atomic E-state index is 0.0573. The molecule has 1 aliphatic rings. The number of likely N-dealkylation sites (tertiary alicyclic amines) is 1. The average Bonchev–Trinajstić information content (AvgIpc) is 2.92. The molecule has 1 amide bonds. The highest BCUT2D eigenvalue weighted by Gasteiger charge is 2.23. The van der Waals surface area contributed by atoms with Crippen LogP contribution >= 0.6 is 0 Å². The molecule has 1 aromatic carbocycles. The van der Waals surface area contributed by atoms with Gasteiger partial charge in [-0.2, -0.15) is 0 Å². The van der Waals surface area contributed by atoms with E-state index in [1.807, 2.05) is 29.8 Å². The van der Waals surface area contributed by atoms with E-state index in [1.165, 1.54) is 0 Å². The van der Waals surface area contributed by atoms with E-state index < -0.39 is 0 Å². The van der Waals surface area contributed by atoms with Crippen molar-refractivity contribution in [3.63, 3.8) is 0 Å². The number of amides is 1. The van der Waals surface area contributed by atoms with Crippen LogP contribution < -0.4 is 14.8 Å². The van der Waals surface area contributed by atoms with Crippen LogP contribution in [0.25, 0.3) is 10.9 Å². The molecule has 1 aromatic heterocycles. The summed E-state index contributed by atoms with van der Waals surface area (Å²) in [4.78, 5) is 15.0. The first-order valence-electron chi connectivity index (χ1n) is 8.25. The summed E-state index contributed by atoms with van der Waals surface area (Å²) in [5.41, 5.74) is 1.48. The van der Waals surface area contributed by atoms with Crippen LogP contribution in [0.1, 0.15) is 23.3 Å². The molecule has 1 unspecified atom stereocenters. The highest BCUT2D eigenvalue weighted by molar-refractivity contribution is 6.02. The molecule has 2 aromatic rings. The van der Waals surface area contributed by atoms with Crippen molar-refractivity contribution >= 4 is 16.8 Å². The number of ether oxygens (including phenoxy) is 2. The van der Waals surface area contributed by atoms with Crippen LogP contribution in [0.4, 0.5) is 0 Å². The van der Waals surface area contributed by atoms with Crippen molar-refractivity contribution in [3.8, 4) is 11.5 Å². The van der Waals surface area contributed by atoms with Crippen molar-refractivity contribution in [1.29, 1.82) is 0 Å². The van der Waals surface area contributed by atoms with Crippen LogP contribution in [0.5, 0.6) is 11.5 Å². The van der Waals surface area contributed by atoms with E-state index in [-0.39, 0.29) is 11.9 Å². The minimum atomic E-state index is -0.0573. The third kappa shape index (κ3) is 2.94. The number of nitrogens with zero attached hydrogens (tertiary/aromatic N) is 2. The number of carbonyl (C=O) groups is 1. The van der Waals surface area contributed by atoms with Gasteiger partial charge in [0.2, 0.25) is 0 Å². The molecule has 0 saturated carbocycles. The van der Waals surface area contributed by atoms with Gasteiger partial charge in [-0.1, -0.05) is 0 Å². The standard InChI is InChI=1S/C18H25N3O3/c1-20-9-5-6-12(11-20)19-18(22)14-10-13-15(23-3)7-8-16(24-4)17(13)21(14)2/h7-8,10,12H,5-6,9,11H2,1-4H3,(H,19,22). The van der Waals surface area contributed by atoms with Gasteiger partial charge in [-0.05, 0) is 44.6 Å². The molecule has 0 radical (unpaired) electrons. The maximum absolute atomic E-state index is 12.8. The smallest absolute Gasteiger partial charge is 0.268 e. The molecule has 24 heavy (non-hydrogen) atoms. The van der Waals surface area contributed by atoms with Gasteiger partial charge in [0.05, 0.1) is 19.7 Å². The lowest BCUT2D eigenvalue weighted by molar-refractivity contribution is 0.0904. The van der Waals surface area contributed by atoms with Crippen LogP contribution in [-0.4, -0.2) is 55.8 Å². The number of hydrogen-bond donors (Lipinski definition) is 1. The van der Waals surface area contributed by atoms with Gasteiger partial charge in [0.1, 0.15) is 17.2 Å². The van der Waals surface area contributed by atoms with E-state index in [4.69, 9.17) is 9.47 Å². The number of rotatable bonds is 4. The summed E-state index contributed by atoms with van der Waals surface area (Å²) in [6, 6.07) is 5.79. The number of methoxy groups -OCH3 is 2. The molecule has 1 atom stereocenters. The second-order valence-electron chi connectivity index (χ2n) is 6.40. The number of likely N-dealkylation sites (N-methyl/N-ethyl adjacent to an activating group) is 1. The third-order valence-corrected chi connectivity index (χ3v) is 4.75. The second kappa shape index (κ2) is 6.73. The molecule has 0 spiro atoms. The Kier molecular flexibility index (Phi) is 4.66. The zero-order valence-corrected chi connectivity index (χ0v) is 14.8. The predicted molar refractivity (Wildman–Crippen MR) is 94.0 cm³/mol. The molecule has 1 saturated heterocycles. The molecule has 6 nitrogen and oxygen atoms in total. The van der Waals surface area contributed by atoms with Gasteiger partial charge in [-0.15, -0.1) is 0 Å². The average molecular weight is 331 g/mol. The fourth-order valence-corrected chi connectivity index (χ4v) is 3.51. The molecule has 1 N–H and O–H groups in total. The van der Waals surface area contributed by atoms with Crippen LogP contribution in [-0.2, 0) is 7.05 Å². The van der Waals surface area contributed by atoms with Gasteiger partial charge in [-0.3, -0.25) is 4.79 Å². The van der Waals surface area contributed by atoms with Crippen molar-refractivity contribution < 1.29 is 14.3 Å². The van der Waals surface area contributed by atoms with E-state index in [0.29, 0.717) is 5.69 Å². The lowest BCUT2D eigenvalue weighted by Crippen LogP contribution is -2.46. The summed E-state index contributed by atoms with van der Waals surface area (Å²) < 4.78 is 12.8. The Hall–Kier alpha value is -2.21. The largest absolute Gasteiger partial charge is 0.496 e. The Morgan fingerprint density at radius 2 is 1.92 bits per heavy atom. The number of piperidine rings is 1.